The molecular weight excluding hydrogens is 186 g/mol. The topological polar surface area (TPSA) is 23.5 Å². The highest BCUT2D eigenvalue weighted by Gasteiger charge is 2.28. The molecule has 0 spiro atoms. The second-order valence-corrected chi connectivity index (χ2v) is 5.15. The molecule has 0 aliphatic carbocycles. The van der Waals surface area contributed by atoms with E-state index in [1.165, 1.54) is 11.3 Å². The molecule has 1 aliphatic rings. The maximum atomic E-state index is 9.85. The van der Waals surface area contributed by atoms with Crippen LogP contribution in [-0.4, -0.2) is 23.8 Å². The Morgan fingerprint density at radius 2 is 2.07 bits per heavy atom. The number of fused-ring (bicyclic) bond motifs is 1. The largest absolute Gasteiger partial charge is 0.389 e. The maximum Gasteiger partial charge on any atom is 0.0765 e. The van der Waals surface area contributed by atoms with Crippen molar-refractivity contribution in [3.8, 4) is 0 Å². The van der Waals surface area contributed by atoms with Gasteiger partial charge in [-0.15, -0.1) is 0 Å². The number of anilines is 1. The minimum Gasteiger partial charge on any atom is -0.389 e. The van der Waals surface area contributed by atoms with Crippen LogP contribution in [0.2, 0.25) is 0 Å². The number of aliphatic hydroxyl groups is 1. The Hall–Kier alpha value is -1.02. The molecule has 15 heavy (non-hydrogen) atoms. The molecule has 1 aliphatic heterocycles. The molecule has 0 amide bonds. The molecule has 82 valence electrons. The van der Waals surface area contributed by atoms with Gasteiger partial charge < -0.3 is 10.0 Å². The predicted octanol–water partition coefficient (Wildman–Crippen LogP) is 2.38. The zero-order valence-corrected chi connectivity index (χ0v) is 9.70. The van der Waals surface area contributed by atoms with Crippen molar-refractivity contribution in [2.75, 3.05) is 18.0 Å². The van der Waals surface area contributed by atoms with Crippen LogP contribution in [0.5, 0.6) is 0 Å². The molecule has 0 saturated carbocycles. The highest BCUT2D eigenvalue weighted by molar-refractivity contribution is 5.60. The standard InChI is InChI=1S/C13H19NO/c1-10-8-14(9-13(2,3)15)12-7-5-4-6-11(10)12/h4-7,10,15H,8-9H2,1-3H3. The monoisotopic (exact) mass is 205 g/mol. The van der Waals surface area contributed by atoms with E-state index in [9.17, 15) is 5.11 Å². The van der Waals surface area contributed by atoms with Gasteiger partial charge in [-0.1, -0.05) is 25.1 Å². The maximum absolute atomic E-state index is 9.85. The smallest absolute Gasteiger partial charge is 0.0765 e. The van der Waals surface area contributed by atoms with Crippen molar-refractivity contribution >= 4 is 5.69 Å². The number of nitrogens with zero attached hydrogens (tertiary/aromatic N) is 1. The molecule has 2 nitrogen and oxygen atoms in total. The average Bonchev–Trinajstić information content (AvgIpc) is 2.42. The second kappa shape index (κ2) is 3.53. The van der Waals surface area contributed by atoms with Crippen molar-refractivity contribution in [3.63, 3.8) is 0 Å². The molecule has 2 rings (SSSR count). The summed E-state index contributed by atoms with van der Waals surface area (Å²) in [5.41, 5.74) is 2.06. The van der Waals surface area contributed by atoms with Crippen molar-refractivity contribution in [1.29, 1.82) is 0 Å². The number of hydrogen-bond acceptors (Lipinski definition) is 2. The van der Waals surface area contributed by atoms with Gasteiger partial charge in [-0.25, -0.2) is 0 Å². The van der Waals surface area contributed by atoms with E-state index in [2.05, 4.69) is 36.1 Å². The van der Waals surface area contributed by atoms with Gasteiger partial charge in [0.15, 0.2) is 0 Å². The van der Waals surface area contributed by atoms with Gasteiger partial charge in [0.1, 0.15) is 0 Å². The Bertz CT molecular complexity index is 354. The van der Waals surface area contributed by atoms with Crippen molar-refractivity contribution < 1.29 is 5.11 Å². The van der Waals surface area contributed by atoms with E-state index >= 15 is 0 Å². The molecule has 0 bridgehead atoms. The summed E-state index contributed by atoms with van der Waals surface area (Å²) in [6.07, 6.45) is 0. The van der Waals surface area contributed by atoms with E-state index in [4.69, 9.17) is 0 Å². The molecule has 0 saturated heterocycles. The fourth-order valence-corrected chi connectivity index (χ4v) is 2.34. The predicted molar refractivity (Wildman–Crippen MR) is 63.4 cm³/mol. The van der Waals surface area contributed by atoms with Gasteiger partial charge >= 0.3 is 0 Å². The molecule has 1 N–H and O–H groups in total. The van der Waals surface area contributed by atoms with E-state index in [1.807, 2.05) is 13.8 Å². The lowest BCUT2D eigenvalue weighted by atomic mass is 10.0. The fraction of sp³-hybridized carbons (Fsp3) is 0.538. The minimum atomic E-state index is -0.628. The van der Waals surface area contributed by atoms with Gasteiger partial charge in [0, 0.05) is 24.7 Å². The third-order valence-electron chi connectivity index (χ3n) is 2.88. The first-order valence-corrected chi connectivity index (χ1v) is 5.53. The van der Waals surface area contributed by atoms with E-state index in [0.29, 0.717) is 12.5 Å². The highest BCUT2D eigenvalue weighted by Crippen LogP contribution is 2.36. The van der Waals surface area contributed by atoms with Gasteiger partial charge in [0.05, 0.1) is 5.60 Å². The second-order valence-electron chi connectivity index (χ2n) is 5.15. The summed E-state index contributed by atoms with van der Waals surface area (Å²) >= 11 is 0. The normalized spacial score (nSPS) is 20.5. The van der Waals surface area contributed by atoms with Crippen LogP contribution in [0, 0.1) is 0 Å². The van der Waals surface area contributed by atoms with Crippen molar-refractivity contribution in [2.24, 2.45) is 0 Å². The van der Waals surface area contributed by atoms with Crippen LogP contribution in [0.4, 0.5) is 5.69 Å². The summed E-state index contributed by atoms with van der Waals surface area (Å²) in [4.78, 5) is 2.28. The lowest BCUT2D eigenvalue weighted by Gasteiger charge is -2.27. The third kappa shape index (κ3) is 2.15. The molecule has 0 aromatic heterocycles. The molecule has 0 fully saturated rings. The average molecular weight is 205 g/mol. The van der Waals surface area contributed by atoms with E-state index in [0.717, 1.165) is 6.54 Å². The van der Waals surface area contributed by atoms with Crippen LogP contribution in [0.3, 0.4) is 0 Å². The van der Waals surface area contributed by atoms with Gasteiger partial charge in [-0.05, 0) is 25.5 Å². The van der Waals surface area contributed by atoms with Crippen LogP contribution in [-0.2, 0) is 0 Å². The van der Waals surface area contributed by atoms with Crippen molar-refractivity contribution in [1.82, 2.24) is 0 Å². The first kappa shape index (κ1) is 10.5. The molecule has 1 unspecified atom stereocenters. The fourth-order valence-electron chi connectivity index (χ4n) is 2.34. The molecule has 1 atom stereocenters. The lowest BCUT2D eigenvalue weighted by Crippen LogP contribution is -2.37. The van der Waals surface area contributed by atoms with Gasteiger partial charge in [0.25, 0.3) is 0 Å². The molecule has 0 radical (unpaired) electrons. The van der Waals surface area contributed by atoms with Gasteiger partial charge in [-0.2, -0.15) is 0 Å². The molecular formula is C13H19NO. The van der Waals surface area contributed by atoms with Crippen LogP contribution in [0.25, 0.3) is 0 Å². The first-order valence-electron chi connectivity index (χ1n) is 5.53. The SMILES string of the molecule is CC1CN(CC(C)(C)O)c2ccccc21. The van der Waals surface area contributed by atoms with Gasteiger partial charge in [0.2, 0.25) is 0 Å². The van der Waals surface area contributed by atoms with E-state index in [1.54, 1.807) is 0 Å². The van der Waals surface area contributed by atoms with Crippen LogP contribution < -0.4 is 4.90 Å². The Labute approximate surface area is 91.5 Å². The minimum absolute atomic E-state index is 0.573. The van der Waals surface area contributed by atoms with Crippen molar-refractivity contribution in [2.45, 2.75) is 32.3 Å². The zero-order chi connectivity index (χ0) is 11.1. The number of rotatable bonds is 2. The van der Waals surface area contributed by atoms with Gasteiger partial charge in [-0.3, -0.25) is 0 Å². The van der Waals surface area contributed by atoms with E-state index in [-0.39, 0.29) is 0 Å². The molecule has 1 aromatic rings. The summed E-state index contributed by atoms with van der Waals surface area (Å²) in [5.74, 6) is 0.573. The Morgan fingerprint density at radius 3 is 2.73 bits per heavy atom. The molecule has 1 heterocycles. The summed E-state index contributed by atoms with van der Waals surface area (Å²) in [7, 11) is 0. The quantitative estimate of drug-likeness (QED) is 0.801. The summed E-state index contributed by atoms with van der Waals surface area (Å²) in [5, 5.41) is 9.85. The number of β-amino-alcohol motifs (C(OH)–C–C–N with tert-alkyl or cyclic N) is 1. The van der Waals surface area contributed by atoms with Crippen LogP contribution >= 0.6 is 0 Å². The Balaban J connectivity index is 2.25. The zero-order valence-electron chi connectivity index (χ0n) is 9.70. The van der Waals surface area contributed by atoms with Crippen LogP contribution in [0.15, 0.2) is 24.3 Å². The third-order valence-corrected chi connectivity index (χ3v) is 2.88. The number of benzene rings is 1. The molecule has 2 heteroatoms. The summed E-state index contributed by atoms with van der Waals surface area (Å²) < 4.78 is 0. The highest BCUT2D eigenvalue weighted by atomic mass is 16.3. The summed E-state index contributed by atoms with van der Waals surface area (Å²) in [6, 6.07) is 8.48. The van der Waals surface area contributed by atoms with Crippen molar-refractivity contribution in [3.05, 3.63) is 29.8 Å². The van der Waals surface area contributed by atoms with E-state index < -0.39 is 5.60 Å². The molecule has 1 aromatic carbocycles. The lowest BCUT2D eigenvalue weighted by molar-refractivity contribution is 0.0876. The Kier molecular flexibility index (Phi) is 2.47. The summed E-state index contributed by atoms with van der Waals surface area (Å²) in [6.45, 7) is 7.68. The first-order chi connectivity index (χ1) is 6.97. The number of para-hydroxylation sites is 1. The number of hydrogen-bond donors (Lipinski definition) is 1. The Morgan fingerprint density at radius 1 is 1.40 bits per heavy atom. The van der Waals surface area contributed by atoms with Crippen LogP contribution in [0.1, 0.15) is 32.3 Å².